The van der Waals surface area contributed by atoms with Crippen molar-refractivity contribution in [3.63, 3.8) is 0 Å². The predicted octanol–water partition coefficient (Wildman–Crippen LogP) is -0.00300. The van der Waals surface area contributed by atoms with Crippen LogP contribution in [0.1, 0.15) is 6.92 Å². The molecule has 0 bridgehead atoms. The van der Waals surface area contributed by atoms with Crippen molar-refractivity contribution in [2.24, 2.45) is 5.73 Å². The van der Waals surface area contributed by atoms with Gasteiger partial charge in [0, 0.05) is 6.54 Å². The zero-order valence-electron chi connectivity index (χ0n) is 6.15. The van der Waals surface area contributed by atoms with Crippen molar-refractivity contribution in [3.05, 3.63) is 11.8 Å². The van der Waals surface area contributed by atoms with E-state index in [0.29, 0.717) is 6.54 Å². The molecule has 1 heterocycles. The van der Waals surface area contributed by atoms with E-state index in [1.807, 2.05) is 0 Å². The molecule has 0 aromatic carbocycles. The number of hydrogen-bond donors (Lipinski definition) is 2. The molecular weight excluding hydrogens is 168 g/mol. The van der Waals surface area contributed by atoms with Gasteiger partial charge in [-0.15, -0.1) is 12.4 Å². The van der Waals surface area contributed by atoms with E-state index in [9.17, 15) is 4.79 Å². The molecule has 0 fully saturated rings. The smallest absolute Gasteiger partial charge is 0.289 e. The van der Waals surface area contributed by atoms with E-state index >= 15 is 0 Å². The van der Waals surface area contributed by atoms with Gasteiger partial charge in [0.25, 0.3) is 5.91 Å². The van der Waals surface area contributed by atoms with Crippen LogP contribution in [0.15, 0.2) is 11.8 Å². The molecule has 0 aromatic rings. The molecule has 1 aliphatic heterocycles. The molecule has 0 aromatic heterocycles. The van der Waals surface area contributed by atoms with Gasteiger partial charge in [0.05, 0.1) is 6.17 Å². The zero-order chi connectivity index (χ0) is 7.72. The van der Waals surface area contributed by atoms with Crippen LogP contribution in [0.4, 0.5) is 0 Å². The van der Waals surface area contributed by atoms with Crippen molar-refractivity contribution in [1.29, 1.82) is 0 Å². The number of aliphatic hydroxyl groups is 1. The molecule has 1 atom stereocenters. The number of amides is 1. The van der Waals surface area contributed by atoms with Crippen LogP contribution in [0.25, 0.3) is 0 Å². The fraction of sp³-hybridized carbons (Fsp3) is 0.500. The summed E-state index contributed by atoms with van der Waals surface area (Å²) in [6, 6.07) is 0. The molecule has 3 N–H and O–H groups in total. The molecule has 0 aliphatic carbocycles. The van der Waals surface area contributed by atoms with Gasteiger partial charge in [-0.25, -0.2) is 0 Å². The van der Waals surface area contributed by atoms with Gasteiger partial charge in [-0.1, -0.05) is 0 Å². The van der Waals surface area contributed by atoms with Gasteiger partial charge in [0.1, 0.15) is 0 Å². The standard InChI is InChI=1S/C6H10N2O2.ClH/c1-4(7)8-3-2-5(9)6(8)10;/h2,4,9H,3,7H2,1H3;1H. The Balaban J connectivity index is 0.000001000. The van der Waals surface area contributed by atoms with E-state index in [1.54, 1.807) is 6.92 Å². The second-order valence-corrected chi connectivity index (χ2v) is 2.29. The minimum absolute atomic E-state index is 0. The molecule has 11 heavy (non-hydrogen) atoms. The van der Waals surface area contributed by atoms with E-state index in [1.165, 1.54) is 11.0 Å². The van der Waals surface area contributed by atoms with E-state index in [2.05, 4.69) is 0 Å². The number of carbonyl (C=O) groups is 1. The third-order valence-corrected chi connectivity index (χ3v) is 1.45. The summed E-state index contributed by atoms with van der Waals surface area (Å²) < 4.78 is 0. The lowest BCUT2D eigenvalue weighted by molar-refractivity contribution is -0.129. The number of aliphatic hydroxyl groups excluding tert-OH is 1. The molecule has 64 valence electrons. The molecule has 1 rings (SSSR count). The summed E-state index contributed by atoms with van der Waals surface area (Å²) >= 11 is 0. The second-order valence-electron chi connectivity index (χ2n) is 2.29. The Hall–Kier alpha value is -0.740. The lowest BCUT2D eigenvalue weighted by Gasteiger charge is -2.19. The third kappa shape index (κ3) is 1.85. The maximum atomic E-state index is 10.9. The summed E-state index contributed by atoms with van der Waals surface area (Å²) in [5, 5.41) is 8.83. The summed E-state index contributed by atoms with van der Waals surface area (Å²) in [7, 11) is 0. The molecule has 4 nitrogen and oxygen atoms in total. The number of halogens is 1. The molecule has 0 radical (unpaired) electrons. The van der Waals surface area contributed by atoms with Crippen LogP contribution >= 0.6 is 12.4 Å². The summed E-state index contributed by atoms with van der Waals surface area (Å²) in [4.78, 5) is 12.3. The van der Waals surface area contributed by atoms with E-state index in [0.717, 1.165) is 0 Å². The normalized spacial score (nSPS) is 19.3. The quantitative estimate of drug-likeness (QED) is 0.594. The van der Waals surface area contributed by atoms with Crippen LogP contribution < -0.4 is 5.73 Å². The summed E-state index contributed by atoms with van der Waals surface area (Å²) in [6.45, 7) is 2.12. The van der Waals surface area contributed by atoms with Crippen LogP contribution in [-0.4, -0.2) is 28.6 Å². The fourth-order valence-corrected chi connectivity index (χ4v) is 0.853. The number of nitrogens with zero attached hydrogens (tertiary/aromatic N) is 1. The Morgan fingerprint density at radius 1 is 1.82 bits per heavy atom. The second kappa shape index (κ2) is 3.59. The topological polar surface area (TPSA) is 66.6 Å². The lowest BCUT2D eigenvalue weighted by atomic mass is 10.5. The fourth-order valence-electron chi connectivity index (χ4n) is 0.853. The third-order valence-electron chi connectivity index (χ3n) is 1.45. The summed E-state index contributed by atoms with van der Waals surface area (Å²) in [6.07, 6.45) is 1.12. The minimum atomic E-state index is -0.380. The first-order valence-electron chi connectivity index (χ1n) is 3.08. The van der Waals surface area contributed by atoms with Crippen LogP contribution in [0.3, 0.4) is 0 Å². The first-order chi connectivity index (χ1) is 4.63. The van der Waals surface area contributed by atoms with E-state index < -0.39 is 0 Å². The van der Waals surface area contributed by atoms with Gasteiger partial charge >= 0.3 is 0 Å². The number of rotatable bonds is 1. The first-order valence-corrected chi connectivity index (χ1v) is 3.08. The highest BCUT2D eigenvalue weighted by Crippen LogP contribution is 2.08. The highest BCUT2D eigenvalue weighted by molar-refractivity contribution is 5.93. The maximum absolute atomic E-state index is 10.9. The molecule has 0 saturated heterocycles. The Bertz CT molecular complexity index is 191. The molecule has 5 heteroatoms. The van der Waals surface area contributed by atoms with E-state index in [-0.39, 0.29) is 30.2 Å². The van der Waals surface area contributed by atoms with Crippen molar-refractivity contribution in [2.45, 2.75) is 13.1 Å². The van der Waals surface area contributed by atoms with Crippen molar-refractivity contribution in [2.75, 3.05) is 6.54 Å². The van der Waals surface area contributed by atoms with Gasteiger partial charge in [0.15, 0.2) is 5.76 Å². The molecule has 0 spiro atoms. The SMILES string of the molecule is CC(N)N1CC=C(O)C1=O.Cl. The van der Waals surface area contributed by atoms with Crippen LogP contribution in [-0.2, 0) is 4.79 Å². The van der Waals surface area contributed by atoms with Crippen molar-refractivity contribution < 1.29 is 9.90 Å². The Labute approximate surface area is 71.1 Å². The molecule has 1 unspecified atom stereocenters. The van der Waals surface area contributed by atoms with Gasteiger partial charge in [-0.05, 0) is 13.0 Å². The van der Waals surface area contributed by atoms with Crippen LogP contribution in [0.2, 0.25) is 0 Å². The van der Waals surface area contributed by atoms with Gasteiger partial charge in [-0.2, -0.15) is 0 Å². The summed E-state index contributed by atoms with van der Waals surface area (Å²) in [5.74, 6) is -0.577. The highest BCUT2D eigenvalue weighted by atomic mass is 35.5. The number of hydrogen-bond acceptors (Lipinski definition) is 3. The molecule has 0 saturated carbocycles. The molecule has 1 amide bonds. The van der Waals surface area contributed by atoms with Gasteiger partial charge in [0.2, 0.25) is 0 Å². The molecule has 1 aliphatic rings. The lowest BCUT2D eigenvalue weighted by Crippen LogP contribution is -2.41. The maximum Gasteiger partial charge on any atom is 0.289 e. The van der Waals surface area contributed by atoms with Gasteiger partial charge < -0.3 is 15.7 Å². The zero-order valence-corrected chi connectivity index (χ0v) is 6.97. The Morgan fingerprint density at radius 2 is 2.36 bits per heavy atom. The highest BCUT2D eigenvalue weighted by Gasteiger charge is 2.24. The predicted molar refractivity (Wildman–Crippen MR) is 43.3 cm³/mol. The van der Waals surface area contributed by atoms with Crippen molar-refractivity contribution in [3.8, 4) is 0 Å². The van der Waals surface area contributed by atoms with Crippen LogP contribution in [0.5, 0.6) is 0 Å². The monoisotopic (exact) mass is 178 g/mol. The Morgan fingerprint density at radius 3 is 2.55 bits per heavy atom. The van der Waals surface area contributed by atoms with Crippen LogP contribution in [0, 0.1) is 0 Å². The van der Waals surface area contributed by atoms with E-state index in [4.69, 9.17) is 10.8 Å². The molecular formula is C6H11ClN2O2. The largest absolute Gasteiger partial charge is 0.503 e. The summed E-state index contributed by atoms with van der Waals surface area (Å²) in [5.41, 5.74) is 5.41. The van der Waals surface area contributed by atoms with Crippen molar-refractivity contribution in [1.82, 2.24) is 4.90 Å². The first kappa shape index (κ1) is 10.3. The average Bonchev–Trinajstić information content (AvgIpc) is 2.14. The Kier molecular flexibility index (Phi) is 3.35. The average molecular weight is 179 g/mol. The number of carbonyl (C=O) groups excluding carboxylic acids is 1. The van der Waals surface area contributed by atoms with Gasteiger partial charge in [-0.3, -0.25) is 4.79 Å². The minimum Gasteiger partial charge on any atom is -0.503 e. The van der Waals surface area contributed by atoms with Crippen molar-refractivity contribution >= 4 is 18.3 Å². The number of nitrogens with two attached hydrogens (primary N) is 1.